The van der Waals surface area contributed by atoms with Crippen molar-refractivity contribution in [1.82, 2.24) is 10.6 Å². The highest BCUT2D eigenvalue weighted by molar-refractivity contribution is 7.99. The first-order valence-electron chi connectivity index (χ1n) is 9.65. The van der Waals surface area contributed by atoms with Crippen molar-refractivity contribution >= 4 is 35.0 Å². The maximum absolute atomic E-state index is 13.4. The van der Waals surface area contributed by atoms with Crippen LogP contribution in [0.4, 0.5) is 18.9 Å². The lowest BCUT2D eigenvalue weighted by atomic mass is 10.1. The Morgan fingerprint density at radius 2 is 1.93 bits per heavy atom. The van der Waals surface area contributed by atoms with Gasteiger partial charge >= 0.3 is 6.18 Å². The lowest BCUT2D eigenvalue weighted by Gasteiger charge is -2.30. The Labute approximate surface area is 183 Å². The van der Waals surface area contributed by atoms with Gasteiger partial charge in [0.25, 0.3) is 5.91 Å². The Balaban J connectivity index is 1.83. The molecule has 1 amide bonds. The molecule has 1 heterocycles. The Bertz CT molecular complexity index is 902. The van der Waals surface area contributed by atoms with Gasteiger partial charge in [0.1, 0.15) is 0 Å². The number of anilines is 1. The van der Waals surface area contributed by atoms with E-state index in [1.165, 1.54) is 6.07 Å². The van der Waals surface area contributed by atoms with Crippen molar-refractivity contribution < 1.29 is 18.0 Å². The van der Waals surface area contributed by atoms with Crippen molar-refractivity contribution in [3.05, 3.63) is 58.1 Å². The quantitative estimate of drug-likeness (QED) is 0.611. The monoisotopic (exact) mass is 457 g/mol. The molecule has 0 saturated carbocycles. The van der Waals surface area contributed by atoms with Crippen molar-refractivity contribution in [2.45, 2.75) is 24.5 Å². The van der Waals surface area contributed by atoms with Crippen LogP contribution >= 0.6 is 23.4 Å². The predicted octanol–water partition coefficient (Wildman–Crippen LogP) is 4.81. The summed E-state index contributed by atoms with van der Waals surface area (Å²) < 4.78 is 40.3. The molecule has 0 aromatic heterocycles. The normalized spacial score (nSPS) is 14.6. The van der Waals surface area contributed by atoms with Gasteiger partial charge in [0, 0.05) is 53.9 Å². The molecular formula is C21H23ClF3N3OS. The Morgan fingerprint density at radius 1 is 1.20 bits per heavy atom. The SMILES string of the molecule is CCSc1ccc(Cl)cc1CNC(=O)c1cc(N2CCNCC2)cc(C(F)(F)F)c1. The molecule has 0 atom stereocenters. The van der Waals surface area contributed by atoms with E-state index in [9.17, 15) is 18.0 Å². The maximum Gasteiger partial charge on any atom is 0.416 e. The summed E-state index contributed by atoms with van der Waals surface area (Å²) in [4.78, 5) is 15.6. The van der Waals surface area contributed by atoms with Crippen LogP contribution < -0.4 is 15.5 Å². The average Bonchev–Trinajstić information content (AvgIpc) is 2.73. The van der Waals surface area contributed by atoms with Crippen LogP contribution in [-0.2, 0) is 12.7 Å². The van der Waals surface area contributed by atoms with Gasteiger partial charge in [0.15, 0.2) is 0 Å². The number of benzene rings is 2. The second-order valence-electron chi connectivity index (χ2n) is 6.87. The Hall–Kier alpha value is -1.90. The van der Waals surface area contributed by atoms with E-state index in [0.717, 1.165) is 28.3 Å². The molecule has 2 aromatic rings. The third-order valence-electron chi connectivity index (χ3n) is 4.75. The van der Waals surface area contributed by atoms with E-state index in [0.29, 0.717) is 36.9 Å². The molecule has 1 saturated heterocycles. The summed E-state index contributed by atoms with van der Waals surface area (Å²) in [5.74, 6) is 0.300. The van der Waals surface area contributed by atoms with Crippen LogP contribution in [0.1, 0.15) is 28.4 Å². The zero-order chi connectivity index (χ0) is 21.7. The van der Waals surface area contributed by atoms with E-state index in [1.807, 2.05) is 17.9 Å². The number of nitrogens with one attached hydrogen (secondary N) is 2. The third-order valence-corrected chi connectivity index (χ3v) is 5.98. The molecule has 0 unspecified atom stereocenters. The van der Waals surface area contributed by atoms with E-state index in [-0.39, 0.29) is 12.1 Å². The zero-order valence-electron chi connectivity index (χ0n) is 16.5. The molecule has 1 aliphatic rings. The molecule has 0 aliphatic carbocycles. The molecule has 9 heteroatoms. The summed E-state index contributed by atoms with van der Waals surface area (Å²) in [6.07, 6.45) is -4.53. The van der Waals surface area contributed by atoms with Crippen molar-refractivity contribution in [3.8, 4) is 0 Å². The van der Waals surface area contributed by atoms with Crippen molar-refractivity contribution in [2.24, 2.45) is 0 Å². The summed E-state index contributed by atoms with van der Waals surface area (Å²) in [6, 6.07) is 8.95. The van der Waals surface area contributed by atoms with Gasteiger partial charge in [-0.15, -0.1) is 11.8 Å². The number of carbonyl (C=O) groups is 1. The standard InChI is InChI=1S/C21H23ClF3N3OS/c1-2-30-19-4-3-17(22)10-15(19)13-27-20(29)14-9-16(21(23,24)25)12-18(11-14)28-7-5-26-6-8-28/h3-4,9-12,26H,2,5-8,13H2,1H3,(H,27,29). The smallest absolute Gasteiger partial charge is 0.369 e. The van der Waals surface area contributed by atoms with Crippen molar-refractivity contribution in [2.75, 3.05) is 36.8 Å². The number of alkyl halides is 3. The number of thioether (sulfide) groups is 1. The van der Waals surface area contributed by atoms with Gasteiger partial charge in [-0.2, -0.15) is 13.2 Å². The third kappa shape index (κ3) is 5.83. The van der Waals surface area contributed by atoms with Gasteiger partial charge in [0.05, 0.1) is 5.56 Å². The van der Waals surface area contributed by atoms with Gasteiger partial charge < -0.3 is 15.5 Å². The summed E-state index contributed by atoms with van der Waals surface area (Å²) in [5.41, 5.74) is 0.400. The van der Waals surface area contributed by atoms with Crippen LogP contribution in [0.15, 0.2) is 41.3 Å². The summed E-state index contributed by atoms with van der Waals surface area (Å²) >= 11 is 7.68. The van der Waals surface area contributed by atoms with Gasteiger partial charge in [-0.3, -0.25) is 4.79 Å². The molecule has 4 nitrogen and oxygen atoms in total. The molecule has 2 aromatic carbocycles. The number of piperazine rings is 1. The van der Waals surface area contributed by atoms with Crippen molar-refractivity contribution in [3.63, 3.8) is 0 Å². The average molecular weight is 458 g/mol. The maximum atomic E-state index is 13.4. The lowest BCUT2D eigenvalue weighted by Crippen LogP contribution is -2.43. The van der Waals surface area contributed by atoms with Gasteiger partial charge in [-0.1, -0.05) is 18.5 Å². The Kier molecular flexibility index (Phi) is 7.55. The van der Waals surface area contributed by atoms with Crippen LogP contribution in [-0.4, -0.2) is 37.8 Å². The number of carbonyl (C=O) groups excluding carboxylic acids is 1. The minimum Gasteiger partial charge on any atom is -0.369 e. The van der Waals surface area contributed by atoms with Gasteiger partial charge in [-0.25, -0.2) is 0 Å². The fourth-order valence-corrected chi connectivity index (χ4v) is 4.26. The lowest BCUT2D eigenvalue weighted by molar-refractivity contribution is -0.137. The fourth-order valence-electron chi connectivity index (χ4n) is 3.27. The molecule has 30 heavy (non-hydrogen) atoms. The van der Waals surface area contributed by atoms with Crippen LogP contribution in [0.2, 0.25) is 5.02 Å². The van der Waals surface area contributed by atoms with Gasteiger partial charge in [0.2, 0.25) is 0 Å². The number of halogens is 4. The second kappa shape index (κ2) is 9.94. The first-order valence-corrected chi connectivity index (χ1v) is 11.0. The van der Waals surface area contributed by atoms with Crippen LogP contribution in [0.5, 0.6) is 0 Å². The largest absolute Gasteiger partial charge is 0.416 e. The predicted molar refractivity (Wildman–Crippen MR) is 116 cm³/mol. The van der Waals surface area contributed by atoms with Crippen LogP contribution in [0.25, 0.3) is 0 Å². The van der Waals surface area contributed by atoms with E-state index in [1.54, 1.807) is 23.9 Å². The molecule has 0 spiro atoms. The summed E-state index contributed by atoms with van der Waals surface area (Å²) in [5, 5.41) is 6.45. The highest BCUT2D eigenvalue weighted by atomic mass is 35.5. The van der Waals surface area contributed by atoms with E-state index >= 15 is 0 Å². The molecular weight excluding hydrogens is 435 g/mol. The summed E-state index contributed by atoms with van der Waals surface area (Å²) in [7, 11) is 0. The molecule has 3 rings (SSSR count). The minimum atomic E-state index is -4.53. The molecule has 1 fully saturated rings. The highest BCUT2D eigenvalue weighted by Gasteiger charge is 2.32. The topological polar surface area (TPSA) is 44.4 Å². The molecule has 0 bridgehead atoms. The van der Waals surface area contributed by atoms with Crippen molar-refractivity contribution in [1.29, 1.82) is 0 Å². The number of nitrogens with zero attached hydrogens (tertiary/aromatic N) is 1. The fraction of sp³-hybridized carbons (Fsp3) is 0.381. The molecule has 0 radical (unpaired) electrons. The molecule has 162 valence electrons. The number of amides is 1. The van der Waals surface area contributed by atoms with E-state index < -0.39 is 17.6 Å². The minimum absolute atomic E-state index is 0.00918. The highest BCUT2D eigenvalue weighted by Crippen LogP contribution is 2.33. The second-order valence-corrected chi connectivity index (χ2v) is 8.61. The van der Waals surface area contributed by atoms with E-state index in [4.69, 9.17) is 11.6 Å². The van der Waals surface area contributed by atoms with Gasteiger partial charge in [-0.05, 0) is 47.7 Å². The van der Waals surface area contributed by atoms with Crippen LogP contribution in [0.3, 0.4) is 0 Å². The number of hydrogen-bond acceptors (Lipinski definition) is 4. The van der Waals surface area contributed by atoms with Crippen LogP contribution in [0, 0.1) is 0 Å². The molecule has 2 N–H and O–H groups in total. The van der Waals surface area contributed by atoms with E-state index in [2.05, 4.69) is 10.6 Å². The summed E-state index contributed by atoms with van der Waals surface area (Å²) in [6.45, 7) is 4.74. The first kappa shape index (κ1) is 22.8. The molecule has 1 aliphatic heterocycles. The zero-order valence-corrected chi connectivity index (χ0v) is 18.1. The number of hydrogen-bond donors (Lipinski definition) is 2. The first-order chi connectivity index (χ1) is 14.3. The Morgan fingerprint density at radius 3 is 2.60 bits per heavy atom. The number of rotatable bonds is 6.